The number of hydrogen-bond donors (Lipinski definition) is 2. The first-order valence-electron chi connectivity index (χ1n) is 5.83. The lowest BCUT2D eigenvalue weighted by Crippen LogP contribution is -2.37. The summed E-state index contributed by atoms with van der Waals surface area (Å²) in [4.78, 5) is 15.5. The molecule has 0 aromatic carbocycles. The number of methoxy groups -OCH3 is 1. The lowest BCUT2D eigenvalue weighted by Gasteiger charge is -2.20. The second-order valence-corrected chi connectivity index (χ2v) is 5.02. The lowest BCUT2D eigenvalue weighted by molar-refractivity contribution is -0.0631. The van der Waals surface area contributed by atoms with E-state index in [1.54, 1.807) is 6.26 Å². The van der Waals surface area contributed by atoms with Gasteiger partial charge in [0.05, 0.1) is 12.8 Å². The van der Waals surface area contributed by atoms with E-state index in [0.29, 0.717) is 0 Å². The minimum Gasteiger partial charge on any atom is -0.394 e. The molecule has 7 nitrogen and oxygen atoms in total. The van der Waals surface area contributed by atoms with Crippen LogP contribution in [0.25, 0.3) is 0 Å². The first-order chi connectivity index (χ1) is 9.53. The molecule has 0 radical (unpaired) electrons. The average molecular weight is 306 g/mol. The van der Waals surface area contributed by atoms with Gasteiger partial charge in [-0.15, -0.1) is 11.8 Å². The molecule has 9 heteroatoms. The number of aliphatic hydroxyl groups excluding tert-OH is 2. The minimum atomic E-state index is -1.12. The topological polar surface area (TPSA) is 93.8 Å². The second kappa shape index (κ2) is 6.19. The molecule has 1 saturated heterocycles. The Kier molecular flexibility index (Phi) is 4.76. The van der Waals surface area contributed by atoms with Crippen LogP contribution < -0.4 is 5.69 Å². The second-order valence-electron chi connectivity index (χ2n) is 4.23. The van der Waals surface area contributed by atoms with Gasteiger partial charge in [0.2, 0.25) is 0 Å². The summed E-state index contributed by atoms with van der Waals surface area (Å²) in [6, 6.07) is 0. The molecule has 2 N–H and O–H groups in total. The van der Waals surface area contributed by atoms with Crippen LogP contribution in [0.4, 0.5) is 4.39 Å². The Morgan fingerprint density at radius 1 is 1.65 bits per heavy atom. The standard InChI is InChI=1S/C11H15FN2O5S/c1-18-8-7(16)6(4-15)19-10(8)14-3-5(12)9(20-2)13-11(14)17/h3,6-8,10,15-16H,4H2,1-2H3/t6-,7-,8-,10-/m1/s1. The van der Waals surface area contributed by atoms with Crippen molar-refractivity contribution in [3.05, 3.63) is 22.5 Å². The summed E-state index contributed by atoms with van der Waals surface area (Å²) in [5.74, 6) is -0.669. The van der Waals surface area contributed by atoms with E-state index in [0.717, 1.165) is 22.5 Å². The van der Waals surface area contributed by atoms with Crippen molar-refractivity contribution in [2.24, 2.45) is 0 Å². The van der Waals surface area contributed by atoms with Crippen molar-refractivity contribution in [2.75, 3.05) is 20.0 Å². The van der Waals surface area contributed by atoms with Gasteiger partial charge in [-0.05, 0) is 6.26 Å². The molecule has 1 aromatic rings. The van der Waals surface area contributed by atoms with E-state index in [9.17, 15) is 14.3 Å². The number of aromatic nitrogens is 2. The van der Waals surface area contributed by atoms with Crippen molar-refractivity contribution in [1.82, 2.24) is 9.55 Å². The van der Waals surface area contributed by atoms with E-state index < -0.39 is 42.7 Å². The summed E-state index contributed by atoms with van der Waals surface area (Å²) in [6.07, 6.45) is -1.40. The Labute approximate surface area is 118 Å². The van der Waals surface area contributed by atoms with E-state index >= 15 is 0 Å². The van der Waals surface area contributed by atoms with Crippen molar-refractivity contribution in [1.29, 1.82) is 0 Å². The van der Waals surface area contributed by atoms with Crippen LogP contribution in [-0.4, -0.2) is 58.0 Å². The molecule has 0 aliphatic carbocycles. The molecule has 112 valence electrons. The van der Waals surface area contributed by atoms with E-state index in [-0.39, 0.29) is 5.03 Å². The van der Waals surface area contributed by atoms with E-state index in [1.165, 1.54) is 7.11 Å². The van der Waals surface area contributed by atoms with E-state index in [4.69, 9.17) is 14.6 Å². The predicted octanol–water partition coefficient (Wildman–Crippen LogP) is -0.630. The molecule has 0 unspecified atom stereocenters. The highest BCUT2D eigenvalue weighted by Crippen LogP contribution is 2.30. The fourth-order valence-corrected chi connectivity index (χ4v) is 2.52. The Morgan fingerprint density at radius 2 is 2.35 bits per heavy atom. The van der Waals surface area contributed by atoms with Crippen LogP contribution >= 0.6 is 11.8 Å². The number of hydrogen-bond acceptors (Lipinski definition) is 7. The minimum absolute atomic E-state index is 0.0162. The first-order valence-corrected chi connectivity index (χ1v) is 7.05. The van der Waals surface area contributed by atoms with Crippen molar-refractivity contribution in [3.8, 4) is 0 Å². The lowest BCUT2D eigenvalue weighted by atomic mass is 10.1. The number of thioether (sulfide) groups is 1. The summed E-state index contributed by atoms with van der Waals surface area (Å²) in [7, 11) is 1.33. The van der Waals surface area contributed by atoms with Gasteiger partial charge in [0.15, 0.2) is 12.0 Å². The molecular formula is C11H15FN2O5S. The van der Waals surface area contributed by atoms with Gasteiger partial charge in [0.25, 0.3) is 0 Å². The molecule has 1 aliphatic heterocycles. The number of nitrogens with zero attached hydrogens (tertiary/aromatic N) is 2. The summed E-state index contributed by atoms with van der Waals surface area (Å²) in [6.45, 7) is -0.439. The molecule has 2 heterocycles. The largest absolute Gasteiger partial charge is 0.394 e. The third-order valence-corrected chi connectivity index (χ3v) is 3.78. The molecule has 0 saturated carbocycles. The molecule has 20 heavy (non-hydrogen) atoms. The van der Waals surface area contributed by atoms with Crippen LogP contribution in [0.2, 0.25) is 0 Å². The quantitative estimate of drug-likeness (QED) is 0.565. The maximum Gasteiger partial charge on any atom is 0.351 e. The zero-order valence-electron chi connectivity index (χ0n) is 10.9. The van der Waals surface area contributed by atoms with Crippen molar-refractivity contribution < 1.29 is 24.1 Å². The normalized spacial score (nSPS) is 29.9. The first kappa shape index (κ1) is 15.4. The van der Waals surface area contributed by atoms with Crippen LogP contribution in [0.1, 0.15) is 6.23 Å². The van der Waals surface area contributed by atoms with Gasteiger partial charge < -0.3 is 19.7 Å². The zero-order chi connectivity index (χ0) is 14.9. The third kappa shape index (κ3) is 2.59. The van der Waals surface area contributed by atoms with Crippen LogP contribution in [0, 0.1) is 5.82 Å². The Morgan fingerprint density at radius 3 is 2.90 bits per heavy atom. The van der Waals surface area contributed by atoms with Gasteiger partial charge in [-0.1, -0.05) is 0 Å². The van der Waals surface area contributed by atoms with Gasteiger partial charge in [-0.25, -0.2) is 9.18 Å². The highest BCUT2D eigenvalue weighted by Gasteiger charge is 2.45. The smallest absolute Gasteiger partial charge is 0.351 e. The Balaban J connectivity index is 2.40. The van der Waals surface area contributed by atoms with Crippen molar-refractivity contribution in [3.63, 3.8) is 0 Å². The van der Waals surface area contributed by atoms with Crippen LogP contribution in [0.15, 0.2) is 16.0 Å². The fraction of sp³-hybridized carbons (Fsp3) is 0.636. The molecule has 1 aliphatic rings. The zero-order valence-corrected chi connectivity index (χ0v) is 11.7. The number of ether oxygens (including phenoxy) is 2. The van der Waals surface area contributed by atoms with Gasteiger partial charge in [0.1, 0.15) is 23.3 Å². The maximum atomic E-state index is 13.7. The van der Waals surface area contributed by atoms with Crippen molar-refractivity contribution in [2.45, 2.75) is 29.6 Å². The molecule has 4 atom stereocenters. The molecule has 1 aromatic heterocycles. The maximum absolute atomic E-state index is 13.7. The van der Waals surface area contributed by atoms with Gasteiger partial charge >= 0.3 is 5.69 Å². The monoisotopic (exact) mass is 306 g/mol. The highest BCUT2D eigenvalue weighted by molar-refractivity contribution is 7.98. The van der Waals surface area contributed by atoms with Gasteiger partial charge in [-0.3, -0.25) is 4.57 Å². The molecular weight excluding hydrogens is 291 g/mol. The molecule has 1 fully saturated rings. The van der Waals surface area contributed by atoms with Crippen molar-refractivity contribution >= 4 is 11.8 Å². The highest BCUT2D eigenvalue weighted by atomic mass is 32.2. The summed E-state index contributed by atoms with van der Waals surface area (Å²) in [5, 5.41) is 19.0. The molecule has 0 spiro atoms. The van der Waals surface area contributed by atoms with Gasteiger partial charge in [0, 0.05) is 7.11 Å². The summed E-state index contributed by atoms with van der Waals surface area (Å²) < 4.78 is 25.1. The summed E-state index contributed by atoms with van der Waals surface area (Å²) in [5.41, 5.74) is -0.714. The molecule has 2 rings (SSSR count). The number of halogens is 1. The van der Waals surface area contributed by atoms with Gasteiger partial charge in [-0.2, -0.15) is 4.98 Å². The molecule has 0 bridgehead atoms. The van der Waals surface area contributed by atoms with E-state index in [2.05, 4.69) is 4.98 Å². The van der Waals surface area contributed by atoms with Crippen LogP contribution in [0.3, 0.4) is 0 Å². The SMILES string of the molecule is CO[C@@H]1[C@H](O)[C@@H](CO)O[C@H]1n1cc(F)c(SC)nc1=O. The fourth-order valence-electron chi connectivity index (χ4n) is 2.10. The Bertz CT molecular complexity index is 540. The average Bonchev–Trinajstić information content (AvgIpc) is 2.76. The molecule has 0 amide bonds. The number of aliphatic hydroxyl groups is 2. The summed E-state index contributed by atoms with van der Waals surface area (Å²) >= 11 is 1.01. The third-order valence-electron chi connectivity index (χ3n) is 3.11. The Hall–Kier alpha value is -1.00. The van der Waals surface area contributed by atoms with E-state index in [1.807, 2.05) is 0 Å². The van der Waals surface area contributed by atoms with Crippen LogP contribution in [0.5, 0.6) is 0 Å². The number of rotatable bonds is 4. The predicted molar refractivity (Wildman–Crippen MR) is 68.0 cm³/mol. The van der Waals surface area contributed by atoms with Crippen LogP contribution in [-0.2, 0) is 9.47 Å².